The molecule has 7 nitrogen and oxygen atoms in total. The second kappa shape index (κ2) is 4.93. The third-order valence-electron chi connectivity index (χ3n) is 5.65. The number of benzene rings is 1. The minimum atomic E-state index is -0.701. The number of imide groups is 1. The Morgan fingerprint density at radius 3 is 1.96 bits per heavy atom. The Bertz CT molecular complexity index is 802. The van der Waals surface area contributed by atoms with E-state index < -0.39 is 33.6 Å². The van der Waals surface area contributed by atoms with Crippen LogP contribution >= 0.6 is 23.2 Å². The molecule has 3 heterocycles. The van der Waals surface area contributed by atoms with Gasteiger partial charge < -0.3 is 4.74 Å². The highest BCUT2D eigenvalue weighted by Crippen LogP contribution is 2.61. The average Bonchev–Trinajstić information content (AvgIpc) is 3.02. The van der Waals surface area contributed by atoms with E-state index in [4.69, 9.17) is 27.9 Å². The molecule has 0 saturated carbocycles. The SMILES string of the molecule is CC12CCC(C)(O1)C1C(=O)N(c3cc(Cl)c([N+](=O)[O-])c(Cl)c3)C(=O)C12. The van der Waals surface area contributed by atoms with Crippen LogP contribution < -0.4 is 4.90 Å². The Balaban J connectivity index is 1.80. The Kier molecular flexibility index (Phi) is 3.30. The van der Waals surface area contributed by atoms with Gasteiger partial charge in [-0.05, 0) is 38.8 Å². The van der Waals surface area contributed by atoms with Gasteiger partial charge in [0.2, 0.25) is 11.8 Å². The van der Waals surface area contributed by atoms with E-state index in [1.165, 1.54) is 12.1 Å². The first-order chi connectivity index (χ1) is 11.6. The number of hydrogen-bond acceptors (Lipinski definition) is 5. The normalized spacial score (nSPS) is 36.2. The molecule has 0 aliphatic carbocycles. The zero-order chi connectivity index (χ0) is 18.3. The van der Waals surface area contributed by atoms with Gasteiger partial charge in [0.15, 0.2) is 0 Å². The predicted molar refractivity (Wildman–Crippen MR) is 89.7 cm³/mol. The summed E-state index contributed by atoms with van der Waals surface area (Å²) >= 11 is 11.9. The minimum absolute atomic E-state index is 0.150. The molecule has 3 aliphatic heterocycles. The first kappa shape index (κ1) is 16.8. The number of anilines is 1. The molecule has 4 unspecified atom stereocenters. The Morgan fingerprint density at radius 1 is 1.12 bits per heavy atom. The summed E-state index contributed by atoms with van der Waals surface area (Å²) in [5.74, 6) is -1.87. The Morgan fingerprint density at radius 2 is 1.56 bits per heavy atom. The van der Waals surface area contributed by atoms with E-state index in [-0.39, 0.29) is 27.5 Å². The average molecular weight is 385 g/mol. The number of nitrogens with zero attached hydrogens (tertiary/aromatic N) is 2. The van der Waals surface area contributed by atoms with Gasteiger partial charge in [-0.1, -0.05) is 23.2 Å². The predicted octanol–water partition coefficient (Wildman–Crippen LogP) is 3.35. The van der Waals surface area contributed by atoms with Crippen molar-refractivity contribution in [3.05, 3.63) is 32.3 Å². The van der Waals surface area contributed by atoms with Crippen LogP contribution in [0.25, 0.3) is 0 Å². The van der Waals surface area contributed by atoms with Crippen molar-refractivity contribution in [1.29, 1.82) is 0 Å². The molecule has 3 saturated heterocycles. The summed E-state index contributed by atoms with van der Waals surface area (Å²) in [7, 11) is 0. The summed E-state index contributed by atoms with van der Waals surface area (Å²) in [4.78, 5) is 37.3. The van der Waals surface area contributed by atoms with Crippen LogP contribution in [0.3, 0.4) is 0 Å². The number of carbonyl (C=O) groups excluding carboxylic acids is 2. The van der Waals surface area contributed by atoms with E-state index in [9.17, 15) is 19.7 Å². The van der Waals surface area contributed by atoms with Crippen molar-refractivity contribution >= 4 is 46.4 Å². The quantitative estimate of drug-likeness (QED) is 0.443. The maximum absolute atomic E-state index is 13.0. The number of hydrogen-bond donors (Lipinski definition) is 0. The van der Waals surface area contributed by atoms with Gasteiger partial charge in [0.05, 0.1) is 33.6 Å². The highest BCUT2D eigenvalue weighted by Gasteiger charge is 2.72. The first-order valence-corrected chi connectivity index (χ1v) is 8.56. The number of fused-ring (bicyclic) bond motifs is 5. The molecule has 25 heavy (non-hydrogen) atoms. The molecule has 1 aromatic rings. The second-order valence-electron chi connectivity index (χ2n) is 7.21. The summed E-state index contributed by atoms with van der Waals surface area (Å²) in [6.45, 7) is 3.71. The molecule has 1 aromatic carbocycles. The molecule has 4 atom stereocenters. The summed E-state index contributed by atoms with van der Waals surface area (Å²) in [5.41, 5.74) is -1.64. The van der Waals surface area contributed by atoms with Crippen molar-refractivity contribution in [2.24, 2.45) is 11.8 Å². The van der Waals surface area contributed by atoms with E-state index in [1.54, 1.807) is 0 Å². The van der Waals surface area contributed by atoms with Crippen LogP contribution in [-0.4, -0.2) is 27.9 Å². The van der Waals surface area contributed by atoms with Crippen LogP contribution in [0.4, 0.5) is 11.4 Å². The van der Waals surface area contributed by atoms with Crippen LogP contribution in [0.2, 0.25) is 10.0 Å². The molecule has 3 fully saturated rings. The molecule has 0 spiro atoms. The van der Waals surface area contributed by atoms with Gasteiger partial charge in [-0.3, -0.25) is 19.7 Å². The number of carbonyl (C=O) groups is 2. The van der Waals surface area contributed by atoms with Gasteiger partial charge in [0.25, 0.3) is 0 Å². The van der Waals surface area contributed by atoms with Crippen molar-refractivity contribution in [2.45, 2.75) is 37.9 Å². The lowest BCUT2D eigenvalue weighted by atomic mass is 9.69. The molecular formula is C16H14Cl2N2O5. The van der Waals surface area contributed by atoms with Gasteiger partial charge >= 0.3 is 5.69 Å². The summed E-state index contributed by atoms with van der Waals surface area (Å²) < 4.78 is 6.03. The maximum atomic E-state index is 13.0. The summed E-state index contributed by atoms with van der Waals surface area (Å²) in [6, 6.07) is 2.46. The lowest BCUT2D eigenvalue weighted by Crippen LogP contribution is -2.40. The third kappa shape index (κ3) is 2.03. The van der Waals surface area contributed by atoms with E-state index in [0.717, 1.165) is 4.90 Å². The van der Waals surface area contributed by atoms with Crippen LogP contribution in [0.1, 0.15) is 26.7 Å². The molecule has 4 rings (SSSR count). The van der Waals surface area contributed by atoms with Crippen LogP contribution in [0.5, 0.6) is 0 Å². The molecular weight excluding hydrogens is 371 g/mol. The fourth-order valence-corrected chi connectivity index (χ4v) is 5.19. The zero-order valence-electron chi connectivity index (χ0n) is 13.4. The van der Waals surface area contributed by atoms with Gasteiger partial charge in [0.1, 0.15) is 10.0 Å². The number of halogens is 2. The van der Waals surface area contributed by atoms with E-state index in [0.29, 0.717) is 12.8 Å². The van der Waals surface area contributed by atoms with E-state index in [2.05, 4.69) is 0 Å². The minimum Gasteiger partial charge on any atom is -0.367 e. The van der Waals surface area contributed by atoms with Crippen molar-refractivity contribution in [1.82, 2.24) is 0 Å². The van der Waals surface area contributed by atoms with Crippen molar-refractivity contribution in [3.63, 3.8) is 0 Å². The van der Waals surface area contributed by atoms with Crippen LogP contribution in [0, 0.1) is 22.0 Å². The zero-order valence-corrected chi connectivity index (χ0v) is 14.9. The van der Waals surface area contributed by atoms with Crippen molar-refractivity contribution < 1.29 is 19.2 Å². The molecule has 0 radical (unpaired) electrons. The second-order valence-corrected chi connectivity index (χ2v) is 8.02. The number of rotatable bonds is 2. The summed E-state index contributed by atoms with van der Waals surface area (Å²) in [5, 5.41) is 10.6. The van der Waals surface area contributed by atoms with E-state index in [1.807, 2.05) is 13.8 Å². The van der Waals surface area contributed by atoms with E-state index >= 15 is 0 Å². The van der Waals surface area contributed by atoms with Gasteiger partial charge in [-0.25, -0.2) is 4.90 Å². The third-order valence-corrected chi connectivity index (χ3v) is 6.22. The smallest absolute Gasteiger partial charge is 0.306 e. The molecule has 0 N–H and O–H groups in total. The van der Waals surface area contributed by atoms with Crippen LogP contribution in [-0.2, 0) is 14.3 Å². The monoisotopic (exact) mass is 384 g/mol. The fraction of sp³-hybridized carbons (Fsp3) is 0.500. The Hall–Kier alpha value is -1.70. The number of nitro benzene ring substituents is 1. The van der Waals surface area contributed by atoms with Crippen LogP contribution in [0.15, 0.2) is 12.1 Å². The highest BCUT2D eigenvalue weighted by atomic mass is 35.5. The first-order valence-electron chi connectivity index (χ1n) is 7.80. The topological polar surface area (TPSA) is 89.8 Å². The van der Waals surface area contributed by atoms with Gasteiger partial charge in [-0.15, -0.1) is 0 Å². The maximum Gasteiger partial charge on any atom is 0.306 e. The van der Waals surface area contributed by atoms with Gasteiger partial charge in [-0.2, -0.15) is 0 Å². The molecule has 132 valence electrons. The molecule has 0 aromatic heterocycles. The number of amides is 2. The number of nitro groups is 1. The standard InChI is InChI=1S/C16H14Cl2N2O5/c1-15-3-4-16(2,25-15)11-10(15)13(21)19(14(11)22)7-5-8(17)12(20(23)24)9(18)6-7/h5-6,10-11H,3-4H2,1-2H3. The molecule has 3 aliphatic rings. The highest BCUT2D eigenvalue weighted by molar-refractivity contribution is 6.39. The number of ether oxygens (including phenoxy) is 1. The molecule has 2 bridgehead atoms. The lowest BCUT2D eigenvalue weighted by Gasteiger charge is -2.27. The largest absolute Gasteiger partial charge is 0.367 e. The lowest BCUT2D eigenvalue weighted by molar-refractivity contribution is -0.384. The fourth-order valence-electron chi connectivity index (χ4n) is 4.58. The van der Waals surface area contributed by atoms with Crippen molar-refractivity contribution in [3.8, 4) is 0 Å². The molecule has 9 heteroatoms. The summed E-state index contributed by atoms with van der Waals surface area (Å²) in [6.07, 6.45) is 1.42. The van der Waals surface area contributed by atoms with Gasteiger partial charge in [0, 0.05) is 0 Å². The Labute approximate surface area is 153 Å². The molecule has 2 amide bonds. The van der Waals surface area contributed by atoms with Crippen molar-refractivity contribution in [2.75, 3.05) is 4.90 Å².